The summed E-state index contributed by atoms with van der Waals surface area (Å²) in [5, 5.41) is 3.28. The van der Waals surface area contributed by atoms with Crippen molar-refractivity contribution < 1.29 is 9.13 Å². The van der Waals surface area contributed by atoms with Crippen molar-refractivity contribution in [2.45, 2.75) is 32.6 Å². The van der Waals surface area contributed by atoms with E-state index in [9.17, 15) is 4.39 Å². The molecule has 1 aromatic carbocycles. The van der Waals surface area contributed by atoms with Crippen LogP contribution >= 0.6 is 0 Å². The highest BCUT2D eigenvalue weighted by atomic mass is 19.1. The number of nitrogens with one attached hydrogen (secondary N) is 1. The van der Waals surface area contributed by atoms with Gasteiger partial charge in [-0.05, 0) is 50.6 Å². The smallest absolute Gasteiger partial charge is 0.125 e. The maximum Gasteiger partial charge on any atom is 0.125 e. The molecule has 94 valence electrons. The minimum Gasteiger partial charge on any atom is -0.493 e. The highest BCUT2D eigenvalue weighted by molar-refractivity contribution is 5.43. The predicted molar refractivity (Wildman–Crippen MR) is 67.1 cm³/mol. The summed E-state index contributed by atoms with van der Waals surface area (Å²) < 4.78 is 18.1. The molecule has 2 aliphatic rings. The SMILES string of the molecule is C1CCNCC1.Cc1cc(F)cc2c1OCC2. The highest BCUT2D eigenvalue weighted by Gasteiger charge is 2.15. The second-order valence-corrected chi connectivity index (χ2v) is 4.62. The Morgan fingerprint density at radius 1 is 1.18 bits per heavy atom. The third kappa shape index (κ3) is 3.43. The normalized spacial score (nSPS) is 17.8. The van der Waals surface area contributed by atoms with Gasteiger partial charge in [-0.3, -0.25) is 0 Å². The molecule has 2 nitrogen and oxygen atoms in total. The van der Waals surface area contributed by atoms with Crippen molar-refractivity contribution in [2.24, 2.45) is 0 Å². The summed E-state index contributed by atoms with van der Waals surface area (Å²) in [6.07, 6.45) is 5.06. The largest absolute Gasteiger partial charge is 0.493 e. The van der Waals surface area contributed by atoms with Gasteiger partial charge in [0.15, 0.2) is 0 Å². The Balaban J connectivity index is 0.000000153. The second kappa shape index (κ2) is 6.01. The molecular formula is C14H20FNO. The van der Waals surface area contributed by atoms with Crippen LogP contribution in [0.25, 0.3) is 0 Å². The molecule has 1 aromatic rings. The summed E-state index contributed by atoms with van der Waals surface area (Å²) in [5.41, 5.74) is 1.90. The Bertz CT molecular complexity index is 363. The van der Waals surface area contributed by atoms with E-state index >= 15 is 0 Å². The Morgan fingerprint density at radius 2 is 1.94 bits per heavy atom. The van der Waals surface area contributed by atoms with Gasteiger partial charge in [-0.15, -0.1) is 0 Å². The second-order valence-electron chi connectivity index (χ2n) is 4.62. The molecule has 0 unspecified atom stereocenters. The first-order valence-electron chi connectivity index (χ1n) is 6.40. The first-order chi connectivity index (χ1) is 8.27. The molecule has 1 N–H and O–H groups in total. The lowest BCUT2D eigenvalue weighted by atomic mass is 10.1. The van der Waals surface area contributed by atoms with Gasteiger partial charge < -0.3 is 10.1 Å². The average molecular weight is 237 g/mol. The van der Waals surface area contributed by atoms with Crippen molar-refractivity contribution in [1.29, 1.82) is 0 Å². The summed E-state index contributed by atoms with van der Waals surface area (Å²) in [4.78, 5) is 0. The summed E-state index contributed by atoms with van der Waals surface area (Å²) in [7, 11) is 0. The van der Waals surface area contributed by atoms with Crippen LogP contribution in [0.5, 0.6) is 5.75 Å². The van der Waals surface area contributed by atoms with E-state index in [2.05, 4.69) is 5.32 Å². The van der Waals surface area contributed by atoms with Gasteiger partial charge in [0.25, 0.3) is 0 Å². The van der Waals surface area contributed by atoms with Crippen molar-refractivity contribution in [3.05, 3.63) is 29.1 Å². The van der Waals surface area contributed by atoms with E-state index in [1.807, 2.05) is 6.92 Å². The van der Waals surface area contributed by atoms with Crippen molar-refractivity contribution in [3.63, 3.8) is 0 Å². The van der Waals surface area contributed by atoms with E-state index in [-0.39, 0.29) is 5.82 Å². The minimum absolute atomic E-state index is 0.160. The summed E-state index contributed by atoms with van der Waals surface area (Å²) in [6, 6.07) is 3.06. The molecule has 0 atom stereocenters. The predicted octanol–water partition coefficient (Wildman–Crippen LogP) is 2.83. The molecule has 0 spiro atoms. The van der Waals surface area contributed by atoms with Gasteiger partial charge in [-0.2, -0.15) is 0 Å². The summed E-state index contributed by atoms with van der Waals surface area (Å²) in [5.74, 6) is 0.721. The lowest BCUT2D eigenvalue weighted by Crippen LogP contribution is -2.21. The lowest BCUT2D eigenvalue weighted by Gasteiger charge is -2.08. The van der Waals surface area contributed by atoms with Crippen LogP contribution in [0.1, 0.15) is 30.4 Å². The van der Waals surface area contributed by atoms with Crippen LogP contribution in [-0.4, -0.2) is 19.7 Å². The van der Waals surface area contributed by atoms with Crippen LogP contribution in [-0.2, 0) is 6.42 Å². The molecule has 0 amide bonds. The van der Waals surface area contributed by atoms with Crippen LogP contribution in [0.3, 0.4) is 0 Å². The fraction of sp³-hybridized carbons (Fsp3) is 0.571. The van der Waals surface area contributed by atoms with Gasteiger partial charge in [0, 0.05) is 12.0 Å². The number of piperidine rings is 1. The number of halogens is 1. The van der Waals surface area contributed by atoms with Gasteiger partial charge in [0.1, 0.15) is 11.6 Å². The zero-order valence-corrected chi connectivity index (χ0v) is 10.4. The number of hydrogen-bond donors (Lipinski definition) is 1. The monoisotopic (exact) mass is 237 g/mol. The van der Waals surface area contributed by atoms with Gasteiger partial charge in [-0.1, -0.05) is 6.42 Å². The zero-order valence-electron chi connectivity index (χ0n) is 10.4. The molecule has 17 heavy (non-hydrogen) atoms. The quantitative estimate of drug-likeness (QED) is 0.749. The fourth-order valence-electron chi connectivity index (χ4n) is 2.26. The first-order valence-corrected chi connectivity index (χ1v) is 6.40. The standard InChI is InChI=1S/C9H9FO.C5H11N/c1-6-4-8(10)5-7-2-3-11-9(6)7;1-2-4-6-5-3-1/h4-5H,2-3H2,1H3;6H,1-5H2. The molecule has 3 heteroatoms. The molecule has 0 radical (unpaired) electrons. The van der Waals surface area contributed by atoms with Gasteiger partial charge in [0.2, 0.25) is 0 Å². The zero-order chi connectivity index (χ0) is 12.1. The number of hydrogen-bond acceptors (Lipinski definition) is 2. The van der Waals surface area contributed by atoms with E-state index in [1.54, 1.807) is 6.07 Å². The number of rotatable bonds is 0. The van der Waals surface area contributed by atoms with Crippen LogP contribution in [0.15, 0.2) is 12.1 Å². The first kappa shape index (κ1) is 12.4. The van der Waals surface area contributed by atoms with Crippen molar-refractivity contribution >= 4 is 0 Å². The van der Waals surface area contributed by atoms with Crippen LogP contribution in [0.4, 0.5) is 4.39 Å². The Kier molecular flexibility index (Phi) is 4.37. The fourth-order valence-corrected chi connectivity index (χ4v) is 2.26. The molecule has 0 aliphatic carbocycles. The Morgan fingerprint density at radius 3 is 2.53 bits per heavy atom. The van der Waals surface area contributed by atoms with E-state index in [0.717, 1.165) is 23.3 Å². The average Bonchev–Trinajstić information content (AvgIpc) is 2.80. The van der Waals surface area contributed by atoms with Crippen molar-refractivity contribution in [2.75, 3.05) is 19.7 Å². The number of ether oxygens (including phenoxy) is 1. The maximum absolute atomic E-state index is 12.8. The van der Waals surface area contributed by atoms with Crippen LogP contribution in [0, 0.1) is 12.7 Å². The summed E-state index contributed by atoms with van der Waals surface area (Å²) in [6.45, 7) is 5.06. The van der Waals surface area contributed by atoms with Gasteiger partial charge >= 0.3 is 0 Å². The molecule has 2 heterocycles. The maximum atomic E-state index is 12.8. The third-order valence-corrected chi connectivity index (χ3v) is 3.14. The molecule has 3 rings (SSSR count). The Hall–Kier alpha value is -1.09. The number of benzene rings is 1. The molecule has 0 aromatic heterocycles. The van der Waals surface area contributed by atoms with E-state index in [4.69, 9.17) is 4.74 Å². The van der Waals surface area contributed by atoms with E-state index in [0.29, 0.717) is 6.61 Å². The Labute approximate surface area is 102 Å². The van der Waals surface area contributed by atoms with Crippen molar-refractivity contribution in [1.82, 2.24) is 5.32 Å². The lowest BCUT2D eigenvalue weighted by molar-refractivity contribution is 0.354. The number of aryl methyl sites for hydroxylation is 1. The highest BCUT2D eigenvalue weighted by Crippen LogP contribution is 2.29. The summed E-state index contributed by atoms with van der Waals surface area (Å²) >= 11 is 0. The molecule has 0 saturated carbocycles. The molecule has 1 fully saturated rings. The molecule has 0 bridgehead atoms. The molecule has 2 aliphatic heterocycles. The van der Waals surface area contributed by atoms with Crippen LogP contribution in [0.2, 0.25) is 0 Å². The number of fused-ring (bicyclic) bond motifs is 1. The third-order valence-electron chi connectivity index (χ3n) is 3.14. The van der Waals surface area contributed by atoms with Gasteiger partial charge in [0.05, 0.1) is 6.61 Å². The van der Waals surface area contributed by atoms with Gasteiger partial charge in [-0.25, -0.2) is 4.39 Å². The molecule has 1 saturated heterocycles. The molecular weight excluding hydrogens is 217 g/mol. The minimum atomic E-state index is -0.160. The van der Waals surface area contributed by atoms with Crippen LogP contribution < -0.4 is 10.1 Å². The van der Waals surface area contributed by atoms with E-state index in [1.165, 1.54) is 38.4 Å². The topological polar surface area (TPSA) is 21.3 Å². The van der Waals surface area contributed by atoms with E-state index < -0.39 is 0 Å². The van der Waals surface area contributed by atoms with Crippen molar-refractivity contribution in [3.8, 4) is 5.75 Å².